The molecule has 0 radical (unpaired) electrons. The Morgan fingerprint density at radius 3 is 2.76 bits per heavy atom. The third-order valence-corrected chi connectivity index (χ3v) is 4.97. The highest BCUT2D eigenvalue weighted by Gasteiger charge is 2.35. The van der Waals surface area contributed by atoms with Crippen LogP contribution in [0.4, 0.5) is 10.5 Å². The van der Waals surface area contributed by atoms with Gasteiger partial charge in [-0.1, -0.05) is 12.1 Å². The van der Waals surface area contributed by atoms with E-state index in [1.807, 2.05) is 35.6 Å². The van der Waals surface area contributed by atoms with Crippen LogP contribution in [-0.4, -0.2) is 41.5 Å². The van der Waals surface area contributed by atoms with Gasteiger partial charge in [-0.05, 0) is 71.0 Å². The number of ether oxygens (including phenoxy) is 1. The van der Waals surface area contributed by atoms with Crippen molar-refractivity contribution >= 4 is 52.2 Å². The Balaban J connectivity index is 1.75. The number of urea groups is 1. The van der Waals surface area contributed by atoms with Crippen molar-refractivity contribution in [1.82, 2.24) is 10.2 Å². The summed E-state index contributed by atoms with van der Waals surface area (Å²) in [7, 11) is 1.42. The summed E-state index contributed by atoms with van der Waals surface area (Å²) in [4.78, 5) is 37.8. The molecule has 9 heteroatoms. The first-order valence-corrected chi connectivity index (χ1v) is 9.64. The molecule has 150 valence electrons. The first-order valence-electron chi connectivity index (χ1n) is 8.56. The lowest BCUT2D eigenvalue weighted by molar-refractivity contribution is -0.127. The molecule has 0 atom stereocenters. The maximum Gasteiger partial charge on any atom is 0.329 e. The fourth-order valence-corrected chi connectivity index (χ4v) is 3.41. The number of aromatic hydroxyl groups is 1. The summed E-state index contributed by atoms with van der Waals surface area (Å²) in [6, 6.07) is 9.70. The predicted octanol–water partition coefficient (Wildman–Crippen LogP) is 2.85. The van der Waals surface area contributed by atoms with E-state index in [0.29, 0.717) is 14.8 Å². The number of anilines is 1. The average Bonchev–Trinajstić information content (AvgIpc) is 2.92. The molecule has 0 saturated carbocycles. The van der Waals surface area contributed by atoms with Gasteiger partial charge in [0.2, 0.25) is 5.91 Å². The normalized spacial score (nSPS) is 14.9. The highest BCUT2D eigenvalue weighted by Crippen LogP contribution is 2.33. The quantitative estimate of drug-likeness (QED) is 0.328. The molecule has 3 N–H and O–H groups in total. The van der Waals surface area contributed by atoms with Gasteiger partial charge in [0, 0.05) is 5.69 Å². The largest absolute Gasteiger partial charge is 0.504 e. The van der Waals surface area contributed by atoms with E-state index < -0.39 is 24.4 Å². The van der Waals surface area contributed by atoms with Crippen LogP contribution in [0.15, 0.2) is 42.1 Å². The summed E-state index contributed by atoms with van der Waals surface area (Å²) < 4.78 is 5.63. The van der Waals surface area contributed by atoms with Crippen molar-refractivity contribution in [3.63, 3.8) is 0 Å². The number of benzene rings is 2. The molecule has 0 aliphatic carbocycles. The molecular weight excluding hydrogens is 489 g/mol. The van der Waals surface area contributed by atoms with E-state index >= 15 is 0 Å². The maximum atomic E-state index is 12.6. The third kappa shape index (κ3) is 4.67. The number of hydrogen-bond acceptors (Lipinski definition) is 5. The zero-order valence-corrected chi connectivity index (χ0v) is 17.8. The first-order chi connectivity index (χ1) is 13.8. The molecule has 1 saturated heterocycles. The number of halogens is 1. The van der Waals surface area contributed by atoms with E-state index in [1.165, 1.54) is 19.3 Å². The zero-order valence-electron chi connectivity index (χ0n) is 15.7. The number of amides is 4. The molecule has 0 spiro atoms. The highest BCUT2D eigenvalue weighted by molar-refractivity contribution is 14.1. The molecule has 8 nitrogen and oxygen atoms in total. The lowest BCUT2D eigenvalue weighted by Crippen LogP contribution is -2.38. The molecule has 1 aliphatic rings. The van der Waals surface area contributed by atoms with Crippen molar-refractivity contribution in [2.45, 2.75) is 6.92 Å². The van der Waals surface area contributed by atoms with Gasteiger partial charge in [0.1, 0.15) is 12.2 Å². The standard InChI is InChI=1S/C20H18IN3O5/c1-11-4-3-5-13(6-11)22-17(25)10-24-19(27)15(23-20(24)28)8-12-7-14(21)18(26)16(9-12)29-2/h3-9,26H,10H2,1-2H3,(H,22,25)(H,23,28)/b15-8+. The van der Waals surface area contributed by atoms with Gasteiger partial charge in [0.15, 0.2) is 11.5 Å². The maximum absolute atomic E-state index is 12.6. The number of imide groups is 1. The number of methoxy groups -OCH3 is 1. The molecule has 0 aromatic heterocycles. The molecular formula is C20H18IN3O5. The molecule has 1 fully saturated rings. The van der Waals surface area contributed by atoms with Crippen molar-refractivity contribution in [1.29, 1.82) is 0 Å². The molecule has 0 unspecified atom stereocenters. The summed E-state index contributed by atoms with van der Waals surface area (Å²) in [6.45, 7) is 1.48. The summed E-state index contributed by atoms with van der Waals surface area (Å²) in [6.07, 6.45) is 1.46. The first kappa shape index (κ1) is 20.6. The predicted molar refractivity (Wildman–Crippen MR) is 115 cm³/mol. The molecule has 1 heterocycles. The van der Waals surface area contributed by atoms with Crippen LogP contribution >= 0.6 is 22.6 Å². The van der Waals surface area contributed by atoms with Gasteiger partial charge in [0.25, 0.3) is 5.91 Å². The van der Waals surface area contributed by atoms with Crippen molar-refractivity contribution in [2.24, 2.45) is 0 Å². The van der Waals surface area contributed by atoms with Crippen LogP contribution in [0.3, 0.4) is 0 Å². The van der Waals surface area contributed by atoms with Gasteiger partial charge >= 0.3 is 6.03 Å². The van der Waals surface area contributed by atoms with Gasteiger partial charge in [-0.15, -0.1) is 0 Å². The van der Waals surface area contributed by atoms with E-state index in [2.05, 4.69) is 10.6 Å². The van der Waals surface area contributed by atoms with Gasteiger partial charge in [-0.25, -0.2) is 9.69 Å². The van der Waals surface area contributed by atoms with Gasteiger partial charge < -0.3 is 20.5 Å². The summed E-state index contributed by atoms with van der Waals surface area (Å²) in [5, 5.41) is 15.0. The molecule has 2 aromatic carbocycles. The van der Waals surface area contributed by atoms with Crippen LogP contribution in [0.5, 0.6) is 11.5 Å². The fourth-order valence-electron chi connectivity index (χ4n) is 2.78. The number of phenolic OH excluding ortho intramolecular Hbond substituents is 1. The third-order valence-electron chi connectivity index (χ3n) is 4.15. The second-order valence-corrected chi connectivity index (χ2v) is 7.51. The summed E-state index contributed by atoms with van der Waals surface area (Å²) >= 11 is 1.93. The minimum absolute atomic E-state index is 0.00789. The average molecular weight is 507 g/mol. The van der Waals surface area contributed by atoms with Crippen LogP contribution in [0.2, 0.25) is 0 Å². The van der Waals surface area contributed by atoms with Crippen molar-refractivity contribution in [3.05, 3.63) is 56.8 Å². The van der Waals surface area contributed by atoms with Crippen LogP contribution < -0.4 is 15.4 Å². The van der Waals surface area contributed by atoms with E-state index in [1.54, 1.807) is 24.3 Å². The molecule has 3 rings (SSSR count). The number of hydrogen-bond donors (Lipinski definition) is 3. The van der Waals surface area contributed by atoms with E-state index in [0.717, 1.165) is 10.5 Å². The number of carbonyl (C=O) groups is 3. The minimum atomic E-state index is -0.680. The number of nitrogens with zero attached hydrogens (tertiary/aromatic N) is 1. The minimum Gasteiger partial charge on any atom is -0.504 e. The van der Waals surface area contributed by atoms with Crippen molar-refractivity contribution in [3.8, 4) is 11.5 Å². The number of rotatable bonds is 5. The summed E-state index contributed by atoms with van der Waals surface area (Å²) in [5.74, 6) is -0.862. The number of aryl methyl sites for hydroxylation is 1. The number of nitrogens with one attached hydrogen (secondary N) is 2. The molecule has 29 heavy (non-hydrogen) atoms. The Hall–Kier alpha value is -3.08. The molecule has 2 aromatic rings. The van der Waals surface area contributed by atoms with Crippen LogP contribution in [-0.2, 0) is 9.59 Å². The van der Waals surface area contributed by atoms with E-state index in [4.69, 9.17) is 4.74 Å². The number of carbonyl (C=O) groups excluding carboxylic acids is 3. The van der Waals surface area contributed by atoms with E-state index in [9.17, 15) is 19.5 Å². The van der Waals surface area contributed by atoms with Crippen LogP contribution in [0.25, 0.3) is 6.08 Å². The second-order valence-electron chi connectivity index (χ2n) is 6.35. The van der Waals surface area contributed by atoms with Crippen molar-refractivity contribution in [2.75, 3.05) is 19.0 Å². The van der Waals surface area contributed by atoms with E-state index in [-0.39, 0.29) is 17.2 Å². The van der Waals surface area contributed by atoms with Gasteiger partial charge in [0.05, 0.1) is 10.7 Å². The summed E-state index contributed by atoms with van der Waals surface area (Å²) in [5.41, 5.74) is 2.14. The van der Waals surface area contributed by atoms with Crippen LogP contribution in [0.1, 0.15) is 11.1 Å². The zero-order chi connectivity index (χ0) is 21.1. The SMILES string of the molecule is COc1cc(/C=C2/NC(=O)N(CC(=O)Nc3cccc(C)c3)C2=O)cc(I)c1O. The Morgan fingerprint density at radius 2 is 2.07 bits per heavy atom. The fraction of sp³-hybridized carbons (Fsp3) is 0.150. The monoisotopic (exact) mass is 507 g/mol. The Kier molecular flexibility index (Phi) is 6.06. The molecule has 1 aliphatic heterocycles. The van der Waals surface area contributed by atoms with Gasteiger partial charge in [-0.2, -0.15) is 0 Å². The van der Waals surface area contributed by atoms with Gasteiger partial charge in [-0.3, -0.25) is 9.59 Å². The Morgan fingerprint density at radius 1 is 1.31 bits per heavy atom. The highest BCUT2D eigenvalue weighted by atomic mass is 127. The lowest BCUT2D eigenvalue weighted by Gasteiger charge is -2.12. The lowest BCUT2D eigenvalue weighted by atomic mass is 10.1. The number of phenols is 1. The second kappa shape index (κ2) is 8.52. The van der Waals surface area contributed by atoms with Crippen molar-refractivity contribution < 1.29 is 24.2 Å². The Labute approximate surface area is 180 Å². The molecule has 0 bridgehead atoms. The topological polar surface area (TPSA) is 108 Å². The Bertz CT molecular complexity index is 1030. The smallest absolute Gasteiger partial charge is 0.329 e. The molecule has 4 amide bonds. The van der Waals surface area contributed by atoms with Crippen LogP contribution in [0, 0.1) is 10.5 Å².